The number of nitrogens with one attached hydrogen (secondary N) is 1. The summed E-state index contributed by atoms with van der Waals surface area (Å²) < 4.78 is 54.2. The highest BCUT2D eigenvalue weighted by Gasteiger charge is 2.40. The van der Waals surface area contributed by atoms with Gasteiger partial charge in [-0.25, -0.2) is 4.39 Å². The summed E-state index contributed by atoms with van der Waals surface area (Å²) in [5.41, 5.74) is -0.986. The largest absolute Gasteiger partial charge is 0.416 e. The Balaban J connectivity index is 0.00000144. The molecule has 138 valence electrons. The van der Waals surface area contributed by atoms with E-state index in [1.807, 2.05) is 4.90 Å². The molecule has 2 aliphatic rings. The summed E-state index contributed by atoms with van der Waals surface area (Å²) in [7, 11) is 0. The SMILES string of the molecule is Cl.Cl.Fc1cccc(C(F)(F)F)c1[C@@H](CC1CC1)N1CCNCC1. The van der Waals surface area contributed by atoms with E-state index >= 15 is 0 Å². The Bertz CT molecular complexity index is 529. The second-order valence-electron chi connectivity index (χ2n) is 6.18. The van der Waals surface area contributed by atoms with Gasteiger partial charge in [0.2, 0.25) is 0 Å². The number of rotatable bonds is 4. The second kappa shape index (κ2) is 8.70. The highest BCUT2D eigenvalue weighted by atomic mass is 35.5. The molecule has 0 aromatic heterocycles. The Morgan fingerprint density at radius 2 is 1.75 bits per heavy atom. The van der Waals surface area contributed by atoms with E-state index in [0.717, 1.165) is 44.1 Å². The average Bonchev–Trinajstić information content (AvgIpc) is 3.29. The number of nitrogens with zero attached hydrogens (tertiary/aromatic N) is 1. The van der Waals surface area contributed by atoms with Crippen LogP contribution in [0.4, 0.5) is 17.6 Å². The fourth-order valence-electron chi connectivity index (χ4n) is 3.24. The van der Waals surface area contributed by atoms with Crippen molar-refractivity contribution in [3.05, 3.63) is 35.1 Å². The molecule has 1 aliphatic heterocycles. The normalized spacial score (nSPS) is 20.0. The van der Waals surface area contributed by atoms with Gasteiger partial charge in [0.25, 0.3) is 0 Å². The molecule has 0 amide bonds. The predicted octanol–water partition coefficient (Wildman–Crippen LogP) is 4.43. The molecule has 2 fully saturated rings. The molecule has 1 N–H and O–H groups in total. The summed E-state index contributed by atoms with van der Waals surface area (Å²) in [5, 5.41) is 3.19. The van der Waals surface area contributed by atoms with Crippen LogP contribution >= 0.6 is 24.8 Å². The smallest absolute Gasteiger partial charge is 0.314 e. The molecule has 0 bridgehead atoms. The molecule has 0 radical (unpaired) electrons. The van der Waals surface area contributed by atoms with Crippen LogP contribution in [0.5, 0.6) is 0 Å². The van der Waals surface area contributed by atoms with Gasteiger partial charge in [0.15, 0.2) is 0 Å². The van der Waals surface area contributed by atoms with Crippen LogP contribution in [0.2, 0.25) is 0 Å². The molecule has 1 saturated carbocycles. The van der Waals surface area contributed by atoms with E-state index < -0.39 is 23.6 Å². The van der Waals surface area contributed by atoms with E-state index in [4.69, 9.17) is 0 Å². The van der Waals surface area contributed by atoms with E-state index in [1.165, 1.54) is 0 Å². The van der Waals surface area contributed by atoms with Gasteiger partial charge in [-0.2, -0.15) is 13.2 Å². The van der Waals surface area contributed by atoms with Crippen molar-refractivity contribution in [2.24, 2.45) is 5.92 Å². The van der Waals surface area contributed by atoms with Gasteiger partial charge < -0.3 is 5.32 Å². The molecule has 1 saturated heterocycles. The third kappa shape index (κ3) is 4.97. The molecular formula is C16H22Cl2F4N2. The molecule has 0 unspecified atom stereocenters. The molecule has 3 rings (SSSR count). The molecule has 2 nitrogen and oxygen atoms in total. The number of benzene rings is 1. The van der Waals surface area contributed by atoms with Crippen molar-refractivity contribution in [3.63, 3.8) is 0 Å². The van der Waals surface area contributed by atoms with Crippen molar-refractivity contribution in [1.82, 2.24) is 10.2 Å². The lowest BCUT2D eigenvalue weighted by molar-refractivity contribution is -0.139. The molecule has 8 heteroatoms. The van der Waals surface area contributed by atoms with Crippen molar-refractivity contribution in [2.45, 2.75) is 31.5 Å². The van der Waals surface area contributed by atoms with Crippen molar-refractivity contribution >= 4 is 24.8 Å². The van der Waals surface area contributed by atoms with Gasteiger partial charge in [0, 0.05) is 37.8 Å². The van der Waals surface area contributed by atoms with Gasteiger partial charge in [-0.05, 0) is 24.5 Å². The zero-order valence-electron chi connectivity index (χ0n) is 13.1. The first-order chi connectivity index (χ1) is 10.5. The van der Waals surface area contributed by atoms with E-state index in [2.05, 4.69) is 5.32 Å². The van der Waals surface area contributed by atoms with Gasteiger partial charge in [0.1, 0.15) is 5.82 Å². The predicted molar refractivity (Wildman–Crippen MR) is 90.4 cm³/mol. The second-order valence-corrected chi connectivity index (χ2v) is 6.18. The van der Waals surface area contributed by atoms with Gasteiger partial charge >= 0.3 is 6.18 Å². The monoisotopic (exact) mass is 388 g/mol. The fraction of sp³-hybridized carbons (Fsp3) is 0.625. The quantitative estimate of drug-likeness (QED) is 0.767. The molecule has 1 aromatic rings. The number of halogens is 6. The summed E-state index contributed by atoms with van der Waals surface area (Å²) in [6, 6.07) is 2.81. The van der Waals surface area contributed by atoms with E-state index in [1.54, 1.807) is 0 Å². The Morgan fingerprint density at radius 1 is 1.12 bits per heavy atom. The summed E-state index contributed by atoms with van der Waals surface area (Å²) in [6.07, 6.45) is -1.83. The van der Waals surface area contributed by atoms with Crippen molar-refractivity contribution < 1.29 is 17.6 Å². The van der Waals surface area contributed by atoms with Crippen molar-refractivity contribution in [1.29, 1.82) is 0 Å². The number of piperazine rings is 1. The van der Waals surface area contributed by atoms with Gasteiger partial charge in [-0.15, -0.1) is 24.8 Å². The highest BCUT2D eigenvalue weighted by molar-refractivity contribution is 5.85. The summed E-state index contributed by atoms with van der Waals surface area (Å²) >= 11 is 0. The van der Waals surface area contributed by atoms with E-state index in [9.17, 15) is 17.6 Å². The van der Waals surface area contributed by atoms with Crippen LogP contribution in [0.3, 0.4) is 0 Å². The topological polar surface area (TPSA) is 15.3 Å². The van der Waals surface area contributed by atoms with Gasteiger partial charge in [-0.1, -0.05) is 18.9 Å². The Morgan fingerprint density at radius 3 is 2.29 bits per heavy atom. The maximum atomic E-state index is 14.3. The number of alkyl halides is 3. The van der Waals surface area contributed by atoms with Crippen LogP contribution < -0.4 is 5.32 Å². The zero-order valence-corrected chi connectivity index (χ0v) is 14.7. The maximum Gasteiger partial charge on any atom is 0.416 e. The maximum absolute atomic E-state index is 14.3. The molecule has 0 spiro atoms. The zero-order chi connectivity index (χ0) is 15.7. The van der Waals surface area contributed by atoms with Gasteiger partial charge in [0.05, 0.1) is 5.56 Å². The minimum Gasteiger partial charge on any atom is -0.314 e. The lowest BCUT2D eigenvalue weighted by Crippen LogP contribution is -2.45. The first-order valence-corrected chi connectivity index (χ1v) is 7.77. The molecule has 1 atom stereocenters. The minimum absolute atomic E-state index is 0. The van der Waals surface area contributed by atoms with Crippen LogP contribution in [0.25, 0.3) is 0 Å². The Kier molecular flexibility index (Phi) is 7.78. The van der Waals surface area contributed by atoms with E-state index in [-0.39, 0.29) is 30.4 Å². The molecule has 1 heterocycles. The fourth-order valence-corrected chi connectivity index (χ4v) is 3.24. The number of hydrogen-bond acceptors (Lipinski definition) is 2. The lowest BCUT2D eigenvalue weighted by atomic mass is 9.93. The first-order valence-electron chi connectivity index (χ1n) is 7.77. The van der Waals surface area contributed by atoms with Crippen LogP contribution in [0, 0.1) is 11.7 Å². The molecule has 1 aromatic carbocycles. The number of hydrogen-bond donors (Lipinski definition) is 1. The summed E-state index contributed by atoms with van der Waals surface area (Å²) in [6.45, 7) is 2.78. The third-order valence-corrected chi connectivity index (χ3v) is 4.54. The molecule has 1 aliphatic carbocycles. The van der Waals surface area contributed by atoms with Crippen molar-refractivity contribution in [2.75, 3.05) is 26.2 Å². The molecule has 24 heavy (non-hydrogen) atoms. The van der Waals surface area contributed by atoms with Crippen LogP contribution in [0.15, 0.2) is 18.2 Å². The highest BCUT2D eigenvalue weighted by Crippen LogP contribution is 2.44. The Hall–Kier alpha value is -0.560. The average molecular weight is 389 g/mol. The summed E-state index contributed by atoms with van der Waals surface area (Å²) in [4.78, 5) is 2.00. The standard InChI is InChI=1S/C16H20F4N2.2ClH/c17-13-3-1-2-12(16(18,19)20)15(13)14(10-11-4-5-11)22-8-6-21-7-9-22;;/h1-3,11,14,21H,4-10H2;2*1H/t14-;;/m1../s1. The van der Waals surface area contributed by atoms with Crippen LogP contribution in [-0.2, 0) is 6.18 Å². The van der Waals surface area contributed by atoms with E-state index in [0.29, 0.717) is 25.4 Å². The first kappa shape index (κ1) is 21.5. The molecular weight excluding hydrogens is 367 g/mol. The Labute approximate surface area is 151 Å². The van der Waals surface area contributed by atoms with Gasteiger partial charge in [-0.3, -0.25) is 4.90 Å². The summed E-state index contributed by atoms with van der Waals surface area (Å²) in [5.74, 6) is -0.306. The third-order valence-electron chi connectivity index (χ3n) is 4.54. The van der Waals surface area contributed by atoms with Crippen LogP contribution in [-0.4, -0.2) is 31.1 Å². The lowest BCUT2D eigenvalue weighted by Gasteiger charge is -2.36. The van der Waals surface area contributed by atoms with Crippen LogP contribution in [0.1, 0.15) is 36.4 Å². The minimum atomic E-state index is -4.52. The van der Waals surface area contributed by atoms with Crippen molar-refractivity contribution in [3.8, 4) is 0 Å².